The van der Waals surface area contributed by atoms with Crippen LogP contribution in [0.5, 0.6) is 0 Å². The lowest BCUT2D eigenvalue weighted by Crippen LogP contribution is -2.35. The van der Waals surface area contributed by atoms with Gasteiger partial charge in [-0.2, -0.15) is 0 Å². The highest BCUT2D eigenvalue weighted by atomic mass is 32.2. The third-order valence-corrected chi connectivity index (χ3v) is 3.39. The quantitative estimate of drug-likeness (QED) is 0.658. The Balaban J connectivity index is 2.07. The van der Waals surface area contributed by atoms with E-state index in [1.54, 1.807) is 0 Å². The number of hydrogen-bond donors (Lipinski definition) is 3. The fourth-order valence-electron chi connectivity index (χ4n) is 1.58. The zero-order chi connectivity index (χ0) is 12.5. The van der Waals surface area contributed by atoms with E-state index in [9.17, 15) is 13.2 Å². The number of nitrogens with one attached hydrogen (secondary N) is 2. The summed E-state index contributed by atoms with van der Waals surface area (Å²) in [6.07, 6.45) is 1.95. The van der Waals surface area contributed by atoms with Gasteiger partial charge in [0.1, 0.15) is 5.69 Å². The van der Waals surface area contributed by atoms with Crippen LogP contribution in [0.1, 0.15) is 16.9 Å². The summed E-state index contributed by atoms with van der Waals surface area (Å²) in [6, 6.07) is 1.18. The molecule has 17 heavy (non-hydrogen) atoms. The number of ether oxygens (including phenoxy) is 1. The van der Waals surface area contributed by atoms with Crippen LogP contribution in [-0.2, 0) is 14.8 Å². The highest BCUT2D eigenvalue weighted by molar-refractivity contribution is 7.89. The number of hydrogen-bond acceptors (Lipinski definition) is 4. The predicted octanol–water partition coefficient (Wildman–Crippen LogP) is -0.819. The van der Waals surface area contributed by atoms with Crippen LogP contribution in [-0.4, -0.2) is 38.6 Å². The number of H-pyrrole nitrogens is 1. The number of carbonyl (C=O) groups excluding carboxylic acids is 1. The molecule has 0 bridgehead atoms. The maximum absolute atomic E-state index is 11.7. The number of aromatic nitrogens is 1. The van der Waals surface area contributed by atoms with Crippen molar-refractivity contribution < 1.29 is 17.9 Å². The van der Waals surface area contributed by atoms with Gasteiger partial charge < -0.3 is 15.0 Å². The zero-order valence-corrected chi connectivity index (χ0v) is 9.79. The van der Waals surface area contributed by atoms with Crippen LogP contribution >= 0.6 is 0 Å². The van der Waals surface area contributed by atoms with Crippen LogP contribution < -0.4 is 10.5 Å². The second-order valence-corrected chi connectivity index (χ2v) is 5.39. The van der Waals surface area contributed by atoms with Gasteiger partial charge in [-0.05, 0) is 12.5 Å². The van der Waals surface area contributed by atoms with Crippen molar-refractivity contribution in [2.24, 2.45) is 5.14 Å². The predicted molar refractivity (Wildman–Crippen MR) is 58.9 cm³/mol. The summed E-state index contributed by atoms with van der Waals surface area (Å²) in [4.78, 5) is 14.2. The number of aromatic amines is 1. The lowest BCUT2D eigenvalue weighted by Gasteiger charge is -2.08. The highest BCUT2D eigenvalue weighted by Gasteiger charge is 2.20. The summed E-state index contributed by atoms with van der Waals surface area (Å²) in [7, 11) is -3.78. The first-order valence-electron chi connectivity index (χ1n) is 5.06. The van der Waals surface area contributed by atoms with Crippen LogP contribution in [0, 0.1) is 0 Å². The van der Waals surface area contributed by atoms with E-state index in [-0.39, 0.29) is 22.5 Å². The van der Waals surface area contributed by atoms with Crippen LogP contribution in [0.2, 0.25) is 0 Å². The minimum absolute atomic E-state index is 0.0243. The van der Waals surface area contributed by atoms with Crippen molar-refractivity contribution in [1.82, 2.24) is 10.3 Å². The third-order valence-electron chi connectivity index (χ3n) is 2.49. The van der Waals surface area contributed by atoms with Crippen LogP contribution in [0.3, 0.4) is 0 Å². The molecule has 4 N–H and O–H groups in total. The molecule has 0 saturated carbocycles. The number of sulfonamides is 1. The van der Waals surface area contributed by atoms with Gasteiger partial charge >= 0.3 is 0 Å². The van der Waals surface area contributed by atoms with Crippen LogP contribution in [0.25, 0.3) is 0 Å². The molecular formula is C9H13N3O4S. The minimum Gasteiger partial charge on any atom is -0.379 e. The second-order valence-electron chi connectivity index (χ2n) is 3.83. The smallest absolute Gasteiger partial charge is 0.268 e. The molecule has 1 amide bonds. The number of rotatable bonds is 3. The fraction of sp³-hybridized carbons (Fsp3) is 0.444. The Hall–Kier alpha value is -1.38. The Morgan fingerprint density at radius 2 is 2.35 bits per heavy atom. The van der Waals surface area contributed by atoms with E-state index in [1.807, 2.05) is 0 Å². The summed E-state index contributed by atoms with van der Waals surface area (Å²) < 4.78 is 27.2. The van der Waals surface area contributed by atoms with Gasteiger partial charge in [0.15, 0.2) is 0 Å². The van der Waals surface area contributed by atoms with Crippen molar-refractivity contribution in [2.45, 2.75) is 17.4 Å². The molecule has 8 heteroatoms. The summed E-state index contributed by atoms with van der Waals surface area (Å²) in [6.45, 7) is 1.10. The Kier molecular flexibility index (Phi) is 3.18. The molecule has 1 atom stereocenters. The molecule has 0 aromatic carbocycles. The van der Waals surface area contributed by atoms with E-state index in [1.165, 1.54) is 12.3 Å². The number of amides is 1. The van der Waals surface area contributed by atoms with Gasteiger partial charge in [0.05, 0.1) is 17.5 Å². The van der Waals surface area contributed by atoms with E-state index in [4.69, 9.17) is 9.88 Å². The van der Waals surface area contributed by atoms with Gasteiger partial charge in [-0.3, -0.25) is 4.79 Å². The van der Waals surface area contributed by atoms with Crippen molar-refractivity contribution in [3.63, 3.8) is 0 Å². The lowest BCUT2D eigenvalue weighted by atomic mass is 10.2. The zero-order valence-electron chi connectivity index (χ0n) is 8.97. The average molecular weight is 259 g/mol. The number of nitrogens with two attached hydrogens (primary N) is 1. The maximum atomic E-state index is 11.7. The van der Waals surface area contributed by atoms with Crippen molar-refractivity contribution in [1.29, 1.82) is 0 Å². The minimum atomic E-state index is -3.78. The molecule has 1 fully saturated rings. The molecule has 0 spiro atoms. The van der Waals surface area contributed by atoms with Gasteiger partial charge in [0.25, 0.3) is 5.91 Å². The third kappa shape index (κ3) is 2.84. The summed E-state index contributed by atoms with van der Waals surface area (Å²) in [5.41, 5.74) is 0.168. The molecule has 1 aromatic rings. The second kappa shape index (κ2) is 4.47. The number of primary sulfonamides is 1. The highest BCUT2D eigenvalue weighted by Crippen LogP contribution is 2.10. The standard InChI is InChI=1S/C9H13N3O4S/c10-17(14,15)7-3-8(11-4-7)9(13)12-6-1-2-16-5-6/h3-4,6,11H,1-2,5H2,(H,12,13)(H2,10,14,15). The summed E-state index contributed by atoms with van der Waals surface area (Å²) in [5.74, 6) is -0.365. The Morgan fingerprint density at radius 3 is 2.88 bits per heavy atom. The van der Waals surface area contributed by atoms with Crippen molar-refractivity contribution in [2.75, 3.05) is 13.2 Å². The fourth-order valence-corrected chi connectivity index (χ4v) is 2.09. The molecule has 2 rings (SSSR count). The average Bonchev–Trinajstić information content (AvgIpc) is 2.85. The van der Waals surface area contributed by atoms with E-state index >= 15 is 0 Å². The van der Waals surface area contributed by atoms with E-state index in [2.05, 4.69) is 10.3 Å². The first-order chi connectivity index (χ1) is 7.97. The molecule has 1 aliphatic heterocycles. The van der Waals surface area contributed by atoms with Gasteiger partial charge in [-0.25, -0.2) is 13.6 Å². The topological polar surface area (TPSA) is 114 Å². The molecular weight excluding hydrogens is 246 g/mol. The Bertz CT molecular complexity index is 516. The monoisotopic (exact) mass is 259 g/mol. The first kappa shape index (κ1) is 12.1. The Morgan fingerprint density at radius 1 is 1.59 bits per heavy atom. The van der Waals surface area contributed by atoms with Gasteiger partial charge in [-0.15, -0.1) is 0 Å². The molecule has 7 nitrogen and oxygen atoms in total. The summed E-state index contributed by atoms with van der Waals surface area (Å²) >= 11 is 0. The number of carbonyl (C=O) groups is 1. The SMILES string of the molecule is NS(=O)(=O)c1c[nH]c(C(=O)NC2CCOC2)c1. The summed E-state index contributed by atoms with van der Waals surface area (Å²) in [5, 5.41) is 7.66. The normalized spacial score (nSPS) is 20.4. The van der Waals surface area contributed by atoms with Crippen molar-refractivity contribution in [3.05, 3.63) is 18.0 Å². The molecule has 1 unspecified atom stereocenters. The molecule has 2 heterocycles. The van der Waals surface area contributed by atoms with Crippen LogP contribution in [0.4, 0.5) is 0 Å². The van der Waals surface area contributed by atoms with E-state index in [0.29, 0.717) is 13.2 Å². The van der Waals surface area contributed by atoms with Gasteiger partial charge in [0.2, 0.25) is 10.0 Å². The lowest BCUT2D eigenvalue weighted by molar-refractivity contribution is 0.0925. The molecule has 1 aromatic heterocycles. The molecule has 1 saturated heterocycles. The molecule has 1 aliphatic rings. The largest absolute Gasteiger partial charge is 0.379 e. The van der Waals surface area contributed by atoms with Crippen LogP contribution in [0.15, 0.2) is 17.2 Å². The van der Waals surface area contributed by atoms with Gasteiger partial charge in [-0.1, -0.05) is 0 Å². The van der Waals surface area contributed by atoms with E-state index < -0.39 is 10.0 Å². The molecule has 0 aliphatic carbocycles. The van der Waals surface area contributed by atoms with Crippen molar-refractivity contribution in [3.8, 4) is 0 Å². The van der Waals surface area contributed by atoms with E-state index in [0.717, 1.165) is 6.42 Å². The van der Waals surface area contributed by atoms with Crippen molar-refractivity contribution >= 4 is 15.9 Å². The Labute approximate surface area is 98.4 Å². The molecule has 94 valence electrons. The van der Waals surface area contributed by atoms with Gasteiger partial charge in [0, 0.05) is 12.8 Å². The maximum Gasteiger partial charge on any atom is 0.268 e. The first-order valence-corrected chi connectivity index (χ1v) is 6.61. The molecule has 0 radical (unpaired) electrons.